The van der Waals surface area contributed by atoms with Gasteiger partial charge >= 0.3 is 0 Å². The van der Waals surface area contributed by atoms with Gasteiger partial charge in [-0.2, -0.15) is 0 Å². The Morgan fingerprint density at radius 1 is 0.788 bits per heavy atom. The minimum absolute atomic E-state index is 0.0769. The highest BCUT2D eigenvalue weighted by molar-refractivity contribution is 8.00. The lowest BCUT2D eigenvalue weighted by atomic mass is 10.1. The number of carbonyl (C=O) groups excluding carboxylic acids is 2. The van der Waals surface area contributed by atoms with Gasteiger partial charge in [-0.25, -0.2) is 0 Å². The lowest BCUT2D eigenvalue weighted by Gasteiger charge is -2.09. The summed E-state index contributed by atoms with van der Waals surface area (Å²) in [4.78, 5) is 35.9. The highest BCUT2D eigenvalue weighted by atomic mass is 32.2. The highest BCUT2D eigenvalue weighted by Gasteiger charge is 2.11. The van der Waals surface area contributed by atoms with Gasteiger partial charge in [0, 0.05) is 34.0 Å². The fourth-order valence-electron chi connectivity index (χ4n) is 3.21. The average molecular weight is 458 g/mol. The van der Waals surface area contributed by atoms with E-state index in [1.54, 1.807) is 18.2 Å². The van der Waals surface area contributed by atoms with Crippen LogP contribution in [-0.4, -0.2) is 22.5 Å². The number of thioether (sulfide) groups is 1. The third-order valence-electron chi connectivity index (χ3n) is 4.84. The van der Waals surface area contributed by atoms with Crippen molar-refractivity contribution < 1.29 is 14.5 Å². The summed E-state index contributed by atoms with van der Waals surface area (Å²) in [5, 5.41) is 18.6. The molecule has 0 saturated heterocycles. The third kappa shape index (κ3) is 5.75. The van der Waals surface area contributed by atoms with Crippen LogP contribution in [0.25, 0.3) is 10.8 Å². The Bertz CT molecular complexity index is 1340. The predicted octanol–water partition coefficient (Wildman–Crippen LogP) is 5.73. The summed E-state index contributed by atoms with van der Waals surface area (Å²) >= 11 is 1.36. The zero-order valence-electron chi connectivity index (χ0n) is 17.4. The van der Waals surface area contributed by atoms with Crippen LogP contribution in [0.5, 0.6) is 0 Å². The number of anilines is 2. The van der Waals surface area contributed by atoms with Gasteiger partial charge < -0.3 is 10.6 Å². The summed E-state index contributed by atoms with van der Waals surface area (Å²) < 4.78 is 0. The normalized spacial score (nSPS) is 10.5. The van der Waals surface area contributed by atoms with Crippen molar-refractivity contribution in [3.05, 3.63) is 107 Å². The van der Waals surface area contributed by atoms with Gasteiger partial charge in [0.2, 0.25) is 5.91 Å². The van der Waals surface area contributed by atoms with E-state index in [-0.39, 0.29) is 23.3 Å². The zero-order valence-corrected chi connectivity index (χ0v) is 18.2. The molecular formula is C25H19N3O4S. The first-order valence-electron chi connectivity index (χ1n) is 10.1. The van der Waals surface area contributed by atoms with E-state index in [1.807, 2.05) is 48.5 Å². The standard InChI is InChI=1S/C25H19N3O4S/c29-24(26-21-11-8-17-4-1-2-5-19(17)14-21)16-33-23-7-3-6-20(15-23)27-25(30)18-9-12-22(13-10-18)28(31)32/h1-15H,16H2,(H,26,29)(H,27,30). The van der Waals surface area contributed by atoms with E-state index in [4.69, 9.17) is 0 Å². The maximum Gasteiger partial charge on any atom is 0.269 e. The Balaban J connectivity index is 1.33. The topological polar surface area (TPSA) is 101 Å². The van der Waals surface area contributed by atoms with E-state index < -0.39 is 4.92 Å². The van der Waals surface area contributed by atoms with Gasteiger partial charge in [-0.3, -0.25) is 19.7 Å². The summed E-state index contributed by atoms with van der Waals surface area (Å²) in [6.45, 7) is 0. The quantitative estimate of drug-likeness (QED) is 0.210. The molecule has 2 amide bonds. The number of nitro groups is 1. The van der Waals surface area contributed by atoms with Gasteiger partial charge in [0.15, 0.2) is 0 Å². The van der Waals surface area contributed by atoms with Crippen molar-refractivity contribution in [2.75, 3.05) is 16.4 Å². The Kier molecular flexibility index (Phi) is 6.66. The van der Waals surface area contributed by atoms with Crippen LogP contribution in [0.2, 0.25) is 0 Å². The van der Waals surface area contributed by atoms with Gasteiger partial charge in [-0.1, -0.05) is 36.4 Å². The Labute approximate surface area is 194 Å². The third-order valence-corrected chi connectivity index (χ3v) is 5.83. The van der Waals surface area contributed by atoms with Crippen molar-refractivity contribution in [1.82, 2.24) is 0 Å². The first kappa shape index (κ1) is 22.0. The van der Waals surface area contributed by atoms with Gasteiger partial charge in [0.05, 0.1) is 10.7 Å². The van der Waals surface area contributed by atoms with Crippen LogP contribution in [0.1, 0.15) is 10.4 Å². The molecule has 33 heavy (non-hydrogen) atoms. The molecule has 8 heteroatoms. The second-order valence-corrected chi connectivity index (χ2v) is 8.23. The first-order valence-corrected chi connectivity index (χ1v) is 11.0. The van der Waals surface area contributed by atoms with Crippen LogP contribution < -0.4 is 10.6 Å². The van der Waals surface area contributed by atoms with Gasteiger partial charge in [-0.05, 0) is 53.2 Å². The lowest BCUT2D eigenvalue weighted by molar-refractivity contribution is -0.384. The largest absolute Gasteiger partial charge is 0.325 e. The van der Waals surface area contributed by atoms with Crippen LogP contribution in [-0.2, 0) is 4.79 Å². The van der Waals surface area contributed by atoms with Gasteiger partial charge in [0.25, 0.3) is 11.6 Å². The van der Waals surface area contributed by atoms with Gasteiger partial charge in [-0.15, -0.1) is 11.8 Å². The van der Waals surface area contributed by atoms with Gasteiger partial charge in [0.1, 0.15) is 0 Å². The van der Waals surface area contributed by atoms with E-state index in [0.717, 1.165) is 21.4 Å². The Morgan fingerprint density at radius 3 is 2.27 bits per heavy atom. The van der Waals surface area contributed by atoms with Crippen LogP contribution in [0.15, 0.2) is 95.9 Å². The van der Waals surface area contributed by atoms with E-state index in [9.17, 15) is 19.7 Å². The minimum atomic E-state index is -0.515. The second-order valence-electron chi connectivity index (χ2n) is 7.18. The molecule has 0 aliphatic rings. The van der Waals surface area contributed by atoms with Crippen molar-refractivity contribution in [2.24, 2.45) is 0 Å². The van der Waals surface area contributed by atoms with E-state index in [1.165, 1.54) is 36.0 Å². The summed E-state index contributed by atoms with van der Waals surface area (Å²) in [5.41, 5.74) is 1.54. The maximum atomic E-state index is 12.4. The molecule has 7 nitrogen and oxygen atoms in total. The summed E-state index contributed by atoms with van der Waals surface area (Å²) in [5.74, 6) is -0.288. The van der Waals surface area contributed by atoms with Crippen molar-refractivity contribution in [1.29, 1.82) is 0 Å². The van der Waals surface area contributed by atoms with Crippen molar-refractivity contribution in [2.45, 2.75) is 4.90 Å². The van der Waals surface area contributed by atoms with Crippen LogP contribution in [0.3, 0.4) is 0 Å². The number of nitro benzene ring substituents is 1. The molecule has 0 aliphatic heterocycles. The lowest BCUT2D eigenvalue weighted by Crippen LogP contribution is -2.14. The number of hydrogen-bond acceptors (Lipinski definition) is 5. The number of benzene rings is 4. The molecule has 0 bridgehead atoms. The first-order chi connectivity index (χ1) is 16.0. The summed E-state index contributed by atoms with van der Waals surface area (Å²) in [6.07, 6.45) is 0. The zero-order chi connectivity index (χ0) is 23.2. The number of fused-ring (bicyclic) bond motifs is 1. The molecule has 0 spiro atoms. The molecule has 4 aromatic carbocycles. The monoisotopic (exact) mass is 457 g/mol. The molecular weight excluding hydrogens is 438 g/mol. The van der Waals surface area contributed by atoms with Crippen molar-refractivity contribution >= 4 is 51.4 Å². The number of carbonyl (C=O) groups is 2. The summed E-state index contributed by atoms with van der Waals surface area (Å²) in [6, 6.07) is 26.3. The molecule has 4 aromatic rings. The number of nitrogens with one attached hydrogen (secondary N) is 2. The Hall–Kier alpha value is -4.17. The van der Waals surface area contributed by atoms with Crippen LogP contribution >= 0.6 is 11.8 Å². The molecule has 0 unspecified atom stereocenters. The molecule has 0 aromatic heterocycles. The van der Waals surface area contributed by atoms with E-state index in [0.29, 0.717) is 11.3 Å². The fourth-order valence-corrected chi connectivity index (χ4v) is 3.97. The highest BCUT2D eigenvalue weighted by Crippen LogP contribution is 2.24. The van der Waals surface area contributed by atoms with Crippen molar-refractivity contribution in [3.8, 4) is 0 Å². The average Bonchev–Trinajstić information content (AvgIpc) is 2.83. The maximum absolute atomic E-state index is 12.4. The molecule has 0 heterocycles. The molecule has 0 aliphatic carbocycles. The van der Waals surface area contributed by atoms with E-state index >= 15 is 0 Å². The van der Waals surface area contributed by atoms with Crippen LogP contribution in [0.4, 0.5) is 17.1 Å². The number of hydrogen-bond donors (Lipinski definition) is 2. The second kappa shape index (κ2) is 9.97. The minimum Gasteiger partial charge on any atom is -0.325 e. The Morgan fingerprint density at radius 2 is 1.52 bits per heavy atom. The predicted molar refractivity (Wildman–Crippen MR) is 131 cm³/mol. The summed E-state index contributed by atoms with van der Waals surface area (Å²) in [7, 11) is 0. The smallest absolute Gasteiger partial charge is 0.269 e. The molecule has 4 rings (SSSR count). The number of non-ortho nitro benzene ring substituents is 1. The number of nitrogens with zero attached hydrogens (tertiary/aromatic N) is 1. The molecule has 2 N–H and O–H groups in total. The number of amides is 2. The van der Waals surface area contributed by atoms with Crippen molar-refractivity contribution in [3.63, 3.8) is 0 Å². The van der Waals surface area contributed by atoms with Crippen LogP contribution in [0, 0.1) is 10.1 Å². The molecule has 0 saturated carbocycles. The fraction of sp³-hybridized carbons (Fsp3) is 0.0400. The molecule has 0 fully saturated rings. The molecule has 164 valence electrons. The SMILES string of the molecule is O=C(CSc1cccc(NC(=O)c2ccc([N+](=O)[O-])cc2)c1)Nc1ccc2ccccc2c1. The molecule has 0 atom stereocenters. The van der Waals surface area contributed by atoms with E-state index in [2.05, 4.69) is 10.6 Å². The molecule has 0 radical (unpaired) electrons. The number of rotatable bonds is 7.